The summed E-state index contributed by atoms with van der Waals surface area (Å²) in [6.07, 6.45) is 13.9. The quantitative estimate of drug-likeness (QED) is 0.772. The number of hydrogen-bond acceptors (Lipinski definition) is 2. The van der Waals surface area contributed by atoms with Crippen LogP contribution in [0.5, 0.6) is 0 Å². The van der Waals surface area contributed by atoms with Crippen molar-refractivity contribution in [3.05, 3.63) is 0 Å². The van der Waals surface area contributed by atoms with E-state index in [1.165, 1.54) is 51.4 Å². The van der Waals surface area contributed by atoms with E-state index in [1.54, 1.807) is 0 Å². The summed E-state index contributed by atoms with van der Waals surface area (Å²) in [7, 11) is 2.27. The highest BCUT2D eigenvalue weighted by molar-refractivity contribution is 5.81. The zero-order chi connectivity index (χ0) is 13.2. The van der Waals surface area contributed by atoms with Gasteiger partial charge in [-0.3, -0.25) is 4.79 Å². The molecule has 0 aromatic rings. The minimum Gasteiger partial charge on any atom is -0.300 e. The van der Waals surface area contributed by atoms with Crippen LogP contribution in [0.4, 0.5) is 0 Å². The van der Waals surface area contributed by atoms with Gasteiger partial charge in [0, 0.05) is 24.4 Å². The Balaban J connectivity index is 1.55. The summed E-state index contributed by atoms with van der Waals surface area (Å²) in [4.78, 5) is 15.1. The van der Waals surface area contributed by atoms with Crippen LogP contribution in [0, 0.1) is 11.8 Å². The molecule has 2 atom stereocenters. The van der Waals surface area contributed by atoms with Gasteiger partial charge in [-0.15, -0.1) is 0 Å². The largest absolute Gasteiger partial charge is 0.300 e. The predicted octanol–water partition coefficient (Wildman–Crippen LogP) is 3.79. The average Bonchev–Trinajstić information content (AvgIpc) is 2.39. The molecule has 1 aliphatic carbocycles. The van der Waals surface area contributed by atoms with Gasteiger partial charge in [0.05, 0.1) is 0 Å². The van der Waals surface area contributed by atoms with Crippen LogP contribution in [-0.4, -0.2) is 29.8 Å². The highest BCUT2D eigenvalue weighted by Gasteiger charge is 2.38. The molecule has 1 saturated carbocycles. The molecule has 0 aromatic heterocycles. The molecule has 2 unspecified atom stereocenters. The Morgan fingerprint density at radius 3 is 2.21 bits per heavy atom. The molecule has 19 heavy (non-hydrogen) atoms. The second kappa shape index (κ2) is 5.95. The summed E-state index contributed by atoms with van der Waals surface area (Å²) in [6, 6.07) is 1.40. The van der Waals surface area contributed by atoms with Gasteiger partial charge in [-0.2, -0.15) is 0 Å². The summed E-state index contributed by atoms with van der Waals surface area (Å²) < 4.78 is 0. The molecule has 0 amide bonds. The minimum atomic E-state index is 0.397. The Kier molecular flexibility index (Phi) is 4.26. The second-order valence-electron chi connectivity index (χ2n) is 7.25. The summed E-state index contributed by atoms with van der Waals surface area (Å²) >= 11 is 0. The molecule has 2 nitrogen and oxygen atoms in total. The summed E-state index contributed by atoms with van der Waals surface area (Å²) in [5.74, 6) is 1.73. The highest BCUT2D eigenvalue weighted by atomic mass is 16.1. The number of hydrogen-bond donors (Lipinski definition) is 0. The molecule has 3 aliphatic rings. The molecule has 2 heteroatoms. The summed E-state index contributed by atoms with van der Waals surface area (Å²) in [5.41, 5.74) is 0. The smallest absolute Gasteiger partial charge is 0.136 e. The molecule has 0 aromatic carbocycles. The maximum absolute atomic E-state index is 12.6. The first-order chi connectivity index (χ1) is 9.24. The van der Waals surface area contributed by atoms with Crippen molar-refractivity contribution in [2.45, 2.75) is 82.7 Å². The van der Waals surface area contributed by atoms with Crippen molar-refractivity contribution in [1.82, 2.24) is 4.90 Å². The first-order valence-electron chi connectivity index (χ1n) is 8.48. The fourth-order valence-electron chi connectivity index (χ4n) is 4.72. The van der Waals surface area contributed by atoms with Crippen LogP contribution in [0.15, 0.2) is 0 Å². The summed E-state index contributed by atoms with van der Waals surface area (Å²) in [6.45, 7) is 0. The average molecular weight is 263 g/mol. The maximum atomic E-state index is 12.6. The van der Waals surface area contributed by atoms with E-state index in [4.69, 9.17) is 0 Å². The Morgan fingerprint density at radius 1 is 0.947 bits per heavy atom. The fraction of sp³-hybridized carbons (Fsp3) is 0.941. The van der Waals surface area contributed by atoms with Gasteiger partial charge in [0.15, 0.2) is 0 Å². The molecule has 3 fully saturated rings. The molecular weight excluding hydrogens is 234 g/mol. The van der Waals surface area contributed by atoms with E-state index in [2.05, 4.69) is 11.9 Å². The number of Topliss-reactive ketones (excluding diaryl/α,β-unsaturated/α-hetero) is 1. The maximum Gasteiger partial charge on any atom is 0.136 e. The third kappa shape index (κ3) is 3.04. The SMILES string of the molecule is CN1C2CCCC1CC(C(=O)CC1CCCCC1)C2. The zero-order valence-corrected chi connectivity index (χ0v) is 12.4. The Labute approximate surface area is 117 Å². The zero-order valence-electron chi connectivity index (χ0n) is 12.4. The topological polar surface area (TPSA) is 20.3 Å². The molecule has 2 aliphatic heterocycles. The normalized spacial score (nSPS) is 37.2. The number of ketones is 1. The standard InChI is InChI=1S/C17H29NO/c1-18-15-8-5-9-16(18)12-14(11-15)17(19)10-13-6-3-2-4-7-13/h13-16H,2-12H2,1H3. The highest BCUT2D eigenvalue weighted by Crippen LogP contribution is 2.37. The van der Waals surface area contributed by atoms with Crippen molar-refractivity contribution in [2.24, 2.45) is 11.8 Å². The lowest BCUT2D eigenvalue weighted by atomic mass is 9.74. The van der Waals surface area contributed by atoms with E-state index in [-0.39, 0.29) is 0 Å². The lowest BCUT2D eigenvalue weighted by Crippen LogP contribution is -2.51. The lowest BCUT2D eigenvalue weighted by Gasteiger charge is -2.46. The van der Waals surface area contributed by atoms with Crippen LogP contribution in [0.1, 0.15) is 70.6 Å². The van der Waals surface area contributed by atoms with Crippen LogP contribution < -0.4 is 0 Å². The first-order valence-corrected chi connectivity index (χ1v) is 8.48. The van der Waals surface area contributed by atoms with E-state index >= 15 is 0 Å². The molecule has 0 spiro atoms. The van der Waals surface area contributed by atoms with Crippen molar-refractivity contribution in [3.8, 4) is 0 Å². The molecule has 2 saturated heterocycles. The van der Waals surface area contributed by atoms with Gasteiger partial charge in [0.25, 0.3) is 0 Å². The number of fused-ring (bicyclic) bond motifs is 2. The third-order valence-corrected chi connectivity index (χ3v) is 6.01. The Bertz CT molecular complexity index is 307. The van der Waals surface area contributed by atoms with Crippen molar-refractivity contribution in [1.29, 1.82) is 0 Å². The fourth-order valence-corrected chi connectivity index (χ4v) is 4.72. The molecule has 3 rings (SSSR count). The number of piperidine rings is 2. The van der Waals surface area contributed by atoms with Crippen LogP contribution >= 0.6 is 0 Å². The van der Waals surface area contributed by atoms with E-state index in [1.807, 2.05) is 0 Å². The van der Waals surface area contributed by atoms with Crippen molar-refractivity contribution >= 4 is 5.78 Å². The third-order valence-electron chi connectivity index (χ3n) is 6.01. The monoisotopic (exact) mass is 263 g/mol. The predicted molar refractivity (Wildman–Crippen MR) is 78.1 cm³/mol. The van der Waals surface area contributed by atoms with Crippen molar-refractivity contribution in [3.63, 3.8) is 0 Å². The van der Waals surface area contributed by atoms with Crippen molar-refractivity contribution in [2.75, 3.05) is 7.05 Å². The Morgan fingerprint density at radius 2 is 1.58 bits per heavy atom. The van der Waals surface area contributed by atoms with Crippen LogP contribution in [0.2, 0.25) is 0 Å². The molecule has 2 bridgehead atoms. The number of nitrogens with zero attached hydrogens (tertiary/aromatic N) is 1. The van der Waals surface area contributed by atoms with Crippen molar-refractivity contribution < 1.29 is 4.79 Å². The van der Waals surface area contributed by atoms with E-state index in [0.717, 1.165) is 25.2 Å². The van der Waals surface area contributed by atoms with Gasteiger partial charge in [-0.05, 0) is 38.6 Å². The van der Waals surface area contributed by atoms with Gasteiger partial charge in [0.2, 0.25) is 0 Å². The van der Waals surface area contributed by atoms with E-state index in [9.17, 15) is 4.79 Å². The molecule has 108 valence electrons. The Hall–Kier alpha value is -0.370. The number of carbonyl (C=O) groups is 1. The number of carbonyl (C=O) groups excluding carboxylic acids is 1. The number of rotatable bonds is 3. The minimum absolute atomic E-state index is 0.397. The summed E-state index contributed by atoms with van der Waals surface area (Å²) in [5, 5.41) is 0. The lowest BCUT2D eigenvalue weighted by molar-refractivity contribution is -0.127. The molecule has 0 N–H and O–H groups in total. The second-order valence-corrected chi connectivity index (χ2v) is 7.25. The molecule has 0 radical (unpaired) electrons. The molecular formula is C17H29NO. The van der Waals surface area contributed by atoms with Crippen LogP contribution in [0.3, 0.4) is 0 Å². The van der Waals surface area contributed by atoms with Gasteiger partial charge in [-0.25, -0.2) is 0 Å². The van der Waals surface area contributed by atoms with Crippen LogP contribution in [-0.2, 0) is 4.79 Å². The van der Waals surface area contributed by atoms with Gasteiger partial charge < -0.3 is 4.90 Å². The molecule has 2 heterocycles. The van der Waals surface area contributed by atoms with Crippen LogP contribution in [0.25, 0.3) is 0 Å². The van der Waals surface area contributed by atoms with Gasteiger partial charge in [0.1, 0.15) is 5.78 Å². The van der Waals surface area contributed by atoms with E-state index < -0.39 is 0 Å². The first kappa shape index (κ1) is 13.6. The van der Waals surface area contributed by atoms with Gasteiger partial charge >= 0.3 is 0 Å². The van der Waals surface area contributed by atoms with E-state index in [0.29, 0.717) is 23.8 Å². The van der Waals surface area contributed by atoms with Gasteiger partial charge in [-0.1, -0.05) is 38.5 Å².